The first kappa shape index (κ1) is 14.3. The summed E-state index contributed by atoms with van der Waals surface area (Å²) >= 11 is 0. The van der Waals surface area contributed by atoms with E-state index in [-0.39, 0.29) is 18.1 Å². The number of aliphatic hydroxyl groups is 1. The number of rotatable bonds is 3. The van der Waals surface area contributed by atoms with Crippen LogP contribution in [0.15, 0.2) is 36.4 Å². The Kier molecular flexibility index (Phi) is 4.33. The molecule has 7 heteroatoms. The van der Waals surface area contributed by atoms with Gasteiger partial charge in [-0.3, -0.25) is 4.79 Å². The summed E-state index contributed by atoms with van der Waals surface area (Å²) in [6.07, 6.45) is 0. The van der Waals surface area contributed by atoms with Crippen LogP contribution < -0.4 is 5.32 Å². The van der Waals surface area contributed by atoms with Gasteiger partial charge in [-0.25, -0.2) is 4.98 Å². The third-order valence-electron chi connectivity index (χ3n) is 2.54. The minimum atomic E-state index is -0.609. The summed E-state index contributed by atoms with van der Waals surface area (Å²) in [5, 5.41) is 21.8. The molecule has 1 heterocycles. The zero-order valence-electron chi connectivity index (χ0n) is 10.8. The number of hydrogen-bond donors (Lipinski definition) is 3. The van der Waals surface area contributed by atoms with E-state index in [4.69, 9.17) is 5.11 Å². The van der Waals surface area contributed by atoms with Crippen molar-refractivity contribution in [1.29, 1.82) is 0 Å². The van der Waals surface area contributed by atoms with E-state index in [1.165, 1.54) is 12.1 Å². The van der Waals surface area contributed by atoms with E-state index >= 15 is 0 Å². The fourth-order valence-corrected chi connectivity index (χ4v) is 1.64. The van der Waals surface area contributed by atoms with Gasteiger partial charge in [-0.2, -0.15) is 0 Å². The Morgan fingerprint density at radius 1 is 1.38 bits per heavy atom. The van der Waals surface area contributed by atoms with Crippen molar-refractivity contribution in [3.63, 3.8) is 0 Å². The van der Waals surface area contributed by atoms with Crippen LogP contribution in [0.3, 0.4) is 0 Å². The number of hydrogen-bond acceptors (Lipinski definition) is 4. The molecule has 2 rings (SSSR count). The number of carbonyl (C=O) groups is 1. The second-order valence-electron chi connectivity index (χ2n) is 4.01. The molecule has 0 saturated carbocycles. The first-order valence-corrected chi connectivity index (χ1v) is 5.94. The highest BCUT2D eigenvalue weighted by Crippen LogP contribution is 2.14. The van der Waals surface area contributed by atoms with Gasteiger partial charge in [-0.05, 0) is 29.2 Å². The van der Waals surface area contributed by atoms with Crippen LogP contribution in [0.2, 0.25) is 0 Å². The zero-order chi connectivity index (χ0) is 15.2. The Bertz CT molecular complexity index is 740. The van der Waals surface area contributed by atoms with Crippen molar-refractivity contribution in [1.82, 2.24) is 4.98 Å². The number of anilines is 1. The lowest BCUT2D eigenvalue weighted by atomic mass is 10.2. The highest BCUT2D eigenvalue weighted by molar-refractivity contribution is 6.03. The molecule has 0 bridgehead atoms. The SMILES string of the molecule is O=C(Nc1cccc(C#CCO)c1)c1ccc([N+](=O)[O-])[nH]1. The van der Waals surface area contributed by atoms with Gasteiger partial charge < -0.3 is 20.5 Å². The van der Waals surface area contributed by atoms with Crippen molar-refractivity contribution in [2.24, 2.45) is 0 Å². The lowest BCUT2D eigenvalue weighted by Gasteiger charge is -2.02. The summed E-state index contributed by atoms with van der Waals surface area (Å²) in [5.74, 6) is 4.48. The smallest absolute Gasteiger partial charge is 0.321 e. The van der Waals surface area contributed by atoms with E-state index < -0.39 is 10.8 Å². The molecule has 0 atom stereocenters. The van der Waals surface area contributed by atoms with Crippen molar-refractivity contribution < 1.29 is 14.8 Å². The number of H-pyrrole nitrogens is 1. The summed E-state index contributed by atoms with van der Waals surface area (Å²) < 4.78 is 0. The van der Waals surface area contributed by atoms with Crippen LogP contribution in [0.4, 0.5) is 11.5 Å². The van der Waals surface area contributed by atoms with Crippen LogP contribution in [-0.2, 0) is 0 Å². The van der Waals surface area contributed by atoms with Gasteiger partial charge in [0.05, 0.1) is 0 Å². The van der Waals surface area contributed by atoms with Crippen LogP contribution >= 0.6 is 0 Å². The molecule has 0 aliphatic rings. The van der Waals surface area contributed by atoms with E-state index in [9.17, 15) is 14.9 Å². The van der Waals surface area contributed by atoms with Crippen LogP contribution in [0.25, 0.3) is 0 Å². The maximum Gasteiger partial charge on any atom is 0.321 e. The van der Waals surface area contributed by atoms with E-state index in [1.54, 1.807) is 24.3 Å². The third kappa shape index (κ3) is 3.68. The number of amides is 1. The zero-order valence-corrected chi connectivity index (χ0v) is 10.8. The Morgan fingerprint density at radius 3 is 2.86 bits per heavy atom. The number of nitrogens with one attached hydrogen (secondary N) is 2. The molecule has 2 aromatic rings. The average molecular weight is 285 g/mol. The van der Waals surface area contributed by atoms with Gasteiger partial charge in [-0.15, -0.1) is 0 Å². The Morgan fingerprint density at radius 2 is 2.19 bits per heavy atom. The molecule has 106 valence electrons. The summed E-state index contributed by atoms with van der Waals surface area (Å²) in [6, 6.07) is 9.30. The first-order chi connectivity index (χ1) is 10.1. The molecule has 21 heavy (non-hydrogen) atoms. The van der Waals surface area contributed by atoms with Crippen LogP contribution in [0.1, 0.15) is 16.1 Å². The van der Waals surface area contributed by atoms with Crippen molar-refractivity contribution in [2.45, 2.75) is 0 Å². The fraction of sp³-hybridized carbons (Fsp3) is 0.0714. The predicted octanol–water partition coefficient (Wildman–Crippen LogP) is 1.52. The van der Waals surface area contributed by atoms with Gasteiger partial charge in [0.15, 0.2) is 5.69 Å². The van der Waals surface area contributed by atoms with Crippen LogP contribution in [0.5, 0.6) is 0 Å². The van der Waals surface area contributed by atoms with Gasteiger partial charge in [-0.1, -0.05) is 17.9 Å². The Balaban J connectivity index is 2.13. The highest BCUT2D eigenvalue weighted by atomic mass is 16.6. The maximum absolute atomic E-state index is 11.9. The van der Waals surface area contributed by atoms with Gasteiger partial charge in [0, 0.05) is 17.3 Å². The molecule has 0 radical (unpaired) electrons. The highest BCUT2D eigenvalue weighted by Gasteiger charge is 2.15. The molecule has 0 fully saturated rings. The number of benzene rings is 1. The number of aromatic amines is 1. The molecular formula is C14H11N3O4. The number of nitro groups is 1. The van der Waals surface area contributed by atoms with Gasteiger partial charge in [0.25, 0.3) is 5.91 Å². The fourth-order valence-electron chi connectivity index (χ4n) is 1.64. The molecule has 0 spiro atoms. The first-order valence-electron chi connectivity index (χ1n) is 5.94. The molecule has 7 nitrogen and oxygen atoms in total. The molecule has 1 amide bonds. The monoisotopic (exact) mass is 285 g/mol. The van der Waals surface area contributed by atoms with Gasteiger partial charge >= 0.3 is 5.82 Å². The molecule has 1 aromatic carbocycles. The van der Waals surface area contributed by atoms with E-state index in [0.29, 0.717) is 11.3 Å². The number of aliphatic hydroxyl groups excluding tert-OH is 1. The third-order valence-corrected chi connectivity index (χ3v) is 2.54. The lowest BCUT2D eigenvalue weighted by molar-refractivity contribution is -0.389. The van der Waals surface area contributed by atoms with Crippen molar-refractivity contribution >= 4 is 17.4 Å². The minimum Gasteiger partial charge on any atom is -0.384 e. The second-order valence-corrected chi connectivity index (χ2v) is 4.01. The number of carbonyl (C=O) groups excluding carboxylic acids is 1. The molecule has 1 aromatic heterocycles. The molecule has 3 N–H and O–H groups in total. The maximum atomic E-state index is 11.9. The van der Waals surface area contributed by atoms with Crippen LogP contribution in [-0.4, -0.2) is 27.5 Å². The van der Waals surface area contributed by atoms with Crippen molar-refractivity contribution in [3.05, 3.63) is 57.8 Å². The van der Waals surface area contributed by atoms with Crippen molar-refractivity contribution in [2.75, 3.05) is 11.9 Å². The van der Waals surface area contributed by atoms with E-state index in [1.807, 2.05) is 0 Å². The second kappa shape index (κ2) is 6.36. The molecule has 0 aliphatic carbocycles. The van der Waals surface area contributed by atoms with Gasteiger partial charge in [0.1, 0.15) is 6.61 Å². The average Bonchev–Trinajstić information content (AvgIpc) is 2.95. The minimum absolute atomic E-state index is 0.0912. The van der Waals surface area contributed by atoms with Gasteiger partial charge in [0.2, 0.25) is 0 Å². The lowest BCUT2D eigenvalue weighted by Crippen LogP contribution is -2.12. The Hall–Kier alpha value is -3.11. The van der Waals surface area contributed by atoms with E-state index in [0.717, 1.165) is 0 Å². The number of nitrogens with zero attached hydrogens (tertiary/aromatic N) is 1. The van der Waals surface area contributed by atoms with Crippen molar-refractivity contribution in [3.8, 4) is 11.8 Å². The normalized spacial score (nSPS) is 9.57. The molecule has 0 unspecified atom stereocenters. The summed E-state index contributed by atoms with van der Waals surface area (Å²) in [7, 11) is 0. The largest absolute Gasteiger partial charge is 0.384 e. The molecular weight excluding hydrogens is 274 g/mol. The molecule has 0 saturated heterocycles. The molecule has 0 aliphatic heterocycles. The van der Waals surface area contributed by atoms with E-state index in [2.05, 4.69) is 22.1 Å². The summed E-state index contributed by atoms with van der Waals surface area (Å²) in [4.78, 5) is 24.3. The standard InChI is InChI=1S/C14H11N3O4/c18-8-2-4-10-3-1-5-11(9-10)15-14(19)12-6-7-13(16-12)17(20)21/h1,3,5-7,9,16,18H,8H2,(H,15,19). The van der Waals surface area contributed by atoms with Crippen LogP contribution in [0, 0.1) is 22.0 Å². The quantitative estimate of drug-likeness (QED) is 0.451. The summed E-state index contributed by atoms with van der Waals surface area (Å²) in [5.41, 5.74) is 1.23. The number of aromatic nitrogens is 1. The predicted molar refractivity (Wildman–Crippen MR) is 75.8 cm³/mol. The Labute approximate surface area is 119 Å². The topological polar surface area (TPSA) is 108 Å². The summed E-state index contributed by atoms with van der Waals surface area (Å²) in [6.45, 7) is -0.247.